The molecule has 128 valence electrons. The summed E-state index contributed by atoms with van der Waals surface area (Å²) >= 11 is 0. The highest BCUT2D eigenvalue weighted by Gasteiger charge is 2.36. The van der Waals surface area contributed by atoms with Gasteiger partial charge in [0.15, 0.2) is 0 Å². The molecule has 24 heavy (non-hydrogen) atoms. The molecule has 1 amide bonds. The average Bonchev–Trinajstić information content (AvgIpc) is 2.94. The molecule has 0 spiro atoms. The van der Waals surface area contributed by atoms with Gasteiger partial charge in [0.2, 0.25) is 5.91 Å². The van der Waals surface area contributed by atoms with Gasteiger partial charge in [-0.3, -0.25) is 9.48 Å². The van der Waals surface area contributed by atoms with Gasteiger partial charge in [-0.25, -0.2) is 0 Å². The van der Waals surface area contributed by atoms with E-state index in [9.17, 15) is 15.0 Å². The van der Waals surface area contributed by atoms with Gasteiger partial charge in [-0.05, 0) is 42.9 Å². The molecule has 1 aliphatic carbocycles. The Labute approximate surface area is 141 Å². The highest BCUT2D eigenvalue weighted by molar-refractivity contribution is 5.76. The van der Waals surface area contributed by atoms with Crippen LogP contribution in [0.5, 0.6) is 5.75 Å². The van der Waals surface area contributed by atoms with E-state index < -0.39 is 0 Å². The number of aryl methyl sites for hydroxylation is 2. The van der Waals surface area contributed by atoms with Gasteiger partial charge in [-0.2, -0.15) is 5.10 Å². The number of aliphatic hydroxyl groups is 1. The predicted molar refractivity (Wildman–Crippen MR) is 89.3 cm³/mol. The van der Waals surface area contributed by atoms with Crippen LogP contribution >= 0.6 is 0 Å². The summed E-state index contributed by atoms with van der Waals surface area (Å²) in [6.07, 6.45) is 5.75. The van der Waals surface area contributed by atoms with Crippen molar-refractivity contribution < 1.29 is 15.0 Å². The van der Waals surface area contributed by atoms with Crippen LogP contribution in [0.1, 0.15) is 36.4 Å². The molecule has 1 aromatic carbocycles. The SMILES string of the molecule is Cn1cc(C(NC(=O)CCc2cccc(O)c2)C2CC(O)C2)cn1. The minimum Gasteiger partial charge on any atom is -0.508 e. The van der Waals surface area contributed by atoms with Crippen molar-refractivity contribution >= 4 is 5.91 Å². The summed E-state index contributed by atoms with van der Waals surface area (Å²) in [5, 5.41) is 26.3. The van der Waals surface area contributed by atoms with E-state index in [2.05, 4.69) is 10.4 Å². The molecule has 1 heterocycles. The zero-order valence-electron chi connectivity index (χ0n) is 13.7. The Kier molecular flexibility index (Phi) is 4.85. The average molecular weight is 329 g/mol. The van der Waals surface area contributed by atoms with Crippen molar-refractivity contribution in [2.75, 3.05) is 0 Å². The Hall–Kier alpha value is -2.34. The fourth-order valence-corrected chi connectivity index (χ4v) is 3.19. The number of phenolic OH excluding ortho intramolecular Hbond substituents is 1. The van der Waals surface area contributed by atoms with Crippen molar-refractivity contribution in [2.24, 2.45) is 13.0 Å². The highest BCUT2D eigenvalue weighted by Crippen LogP contribution is 2.38. The fraction of sp³-hybridized carbons (Fsp3) is 0.444. The number of nitrogens with zero attached hydrogens (tertiary/aromatic N) is 2. The third-order valence-corrected chi connectivity index (χ3v) is 4.57. The second-order valence-electron chi connectivity index (χ2n) is 6.55. The first-order valence-electron chi connectivity index (χ1n) is 8.25. The maximum absolute atomic E-state index is 12.4. The molecule has 0 radical (unpaired) electrons. The molecule has 1 aromatic heterocycles. The van der Waals surface area contributed by atoms with E-state index in [1.54, 1.807) is 29.1 Å². The number of amides is 1. The molecule has 6 nitrogen and oxygen atoms in total. The van der Waals surface area contributed by atoms with Crippen molar-refractivity contribution in [2.45, 2.75) is 37.8 Å². The molecule has 1 atom stereocenters. The number of hydrogen-bond donors (Lipinski definition) is 3. The molecular formula is C18H23N3O3. The molecule has 1 unspecified atom stereocenters. The highest BCUT2D eigenvalue weighted by atomic mass is 16.3. The molecule has 0 aliphatic heterocycles. The van der Waals surface area contributed by atoms with E-state index in [0.29, 0.717) is 25.7 Å². The summed E-state index contributed by atoms with van der Waals surface area (Å²) < 4.78 is 1.72. The summed E-state index contributed by atoms with van der Waals surface area (Å²) in [5.41, 5.74) is 1.90. The van der Waals surface area contributed by atoms with Crippen LogP contribution in [0.25, 0.3) is 0 Å². The van der Waals surface area contributed by atoms with Crippen LogP contribution in [0.4, 0.5) is 0 Å². The second kappa shape index (κ2) is 7.05. The smallest absolute Gasteiger partial charge is 0.220 e. The zero-order chi connectivity index (χ0) is 17.1. The van der Waals surface area contributed by atoms with Crippen molar-refractivity contribution in [3.8, 4) is 5.75 Å². The van der Waals surface area contributed by atoms with Gasteiger partial charge in [0.05, 0.1) is 18.3 Å². The zero-order valence-corrected chi connectivity index (χ0v) is 13.7. The predicted octanol–water partition coefficient (Wildman–Crippen LogP) is 1.69. The Morgan fingerprint density at radius 3 is 2.88 bits per heavy atom. The number of hydrogen-bond acceptors (Lipinski definition) is 4. The number of aromatic nitrogens is 2. The minimum absolute atomic E-state index is 0.0337. The van der Waals surface area contributed by atoms with E-state index in [1.807, 2.05) is 19.3 Å². The van der Waals surface area contributed by atoms with Gasteiger partial charge in [0.25, 0.3) is 0 Å². The molecule has 3 N–H and O–H groups in total. The summed E-state index contributed by atoms with van der Waals surface area (Å²) in [5.74, 6) is 0.423. The lowest BCUT2D eigenvalue weighted by Crippen LogP contribution is -2.41. The lowest BCUT2D eigenvalue weighted by molar-refractivity contribution is -0.123. The van der Waals surface area contributed by atoms with Crippen molar-refractivity contribution in [1.29, 1.82) is 0 Å². The number of aromatic hydroxyl groups is 1. The van der Waals surface area contributed by atoms with Gasteiger partial charge in [0, 0.05) is 25.2 Å². The van der Waals surface area contributed by atoms with Crippen molar-refractivity contribution in [1.82, 2.24) is 15.1 Å². The van der Waals surface area contributed by atoms with Crippen molar-refractivity contribution in [3.63, 3.8) is 0 Å². The van der Waals surface area contributed by atoms with E-state index >= 15 is 0 Å². The Morgan fingerprint density at radius 1 is 1.46 bits per heavy atom. The normalized spacial score (nSPS) is 21.1. The second-order valence-corrected chi connectivity index (χ2v) is 6.55. The number of nitrogens with one attached hydrogen (secondary N) is 1. The van der Waals surface area contributed by atoms with Crippen LogP contribution in [0, 0.1) is 5.92 Å². The third-order valence-electron chi connectivity index (χ3n) is 4.57. The van der Waals surface area contributed by atoms with Gasteiger partial charge < -0.3 is 15.5 Å². The Balaban J connectivity index is 1.60. The molecule has 3 rings (SSSR count). The number of phenols is 1. The van der Waals surface area contributed by atoms with Crippen LogP contribution in [0.3, 0.4) is 0 Å². The maximum Gasteiger partial charge on any atom is 0.220 e. The summed E-state index contributed by atoms with van der Waals surface area (Å²) in [6.45, 7) is 0. The quantitative estimate of drug-likeness (QED) is 0.752. The first kappa shape index (κ1) is 16.5. The molecule has 2 aromatic rings. The molecular weight excluding hydrogens is 306 g/mol. The first-order chi connectivity index (χ1) is 11.5. The lowest BCUT2D eigenvalue weighted by atomic mass is 9.75. The number of rotatable bonds is 6. The van der Waals surface area contributed by atoms with Crippen LogP contribution in [-0.2, 0) is 18.3 Å². The maximum atomic E-state index is 12.4. The van der Waals surface area contributed by atoms with E-state index in [4.69, 9.17) is 0 Å². The number of carbonyl (C=O) groups excluding carboxylic acids is 1. The summed E-state index contributed by atoms with van der Waals surface area (Å²) in [7, 11) is 1.85. The van der Waals surface area contributed by atoms with Crippen molar-refractivity contribution in [3.05, 3.63) is 47.8 Å². The summed E-state index contributed by atoms with van der Waals surface area (Å²) in [4.78, 5) is 12.4. The molecule has 0 saturated heterocycles. The lowest BCUT2D eigenvalue weighted by Gasteiger charge is -2.37. The Bertz CT molecular complexity index is 707. The van der Waals surface area contributed by atoms with E-state index in [0.717, 1.165) is 11.1 Å². The minimum atomic E-state index is -0.265. The first-order valence-corrected chi connectivity index (χ1v) is 8.25. The number of benzene rings is 1. The third kappa shape index (κ3) is 3.94. The molecule has 0 bridgehead atoms. The van der Waals surface area contributed by atoms with E-state index in [-0.39, 0.29) is 29.7 Å². The monoisotopic (exact) mass is 329 g/mol. The number of aliphatic hydroxyl groups excluding tert-OH is 1. The van der Waals surface area contributed by atoms with E-state index in [1.165, 1.54) is 0 Å². The topological polar surface area (TPSA) is 87.4 Å². The van der Waals surface area contributed by atoms with Crippen LogP contribution in [0.15, 0.2) is 36.7 Å². The van der Waals surface area contributed by atoms with Gasteiger partial charge >= 0.3 is 0 Å². The van der Waals surface area contributed by atoms with Crippen LogP contribution < -0.4 is 5.32 Å². The molecule has 1 aliphatic rings. The fourth-order valence-electron chi connectivity index (χ4n) is 3.19. The standard InChI is InChI=1S/C18H23N3O3/c1-21-11-14(10-19-21)18(13-8-16(23)9-13)20-17(24)6-5-12-3-2-4-15(22)7-12/h2-4,7,10-11,13,16,18,22-23H,5-6,8-9H2,1H3,(H,20,24). The number of carbonyl (C=O) groups is 1. The van der Waals surface area contributed by atoms with Gasteiger partial charge in [-0.15, -0.1) is 0 Å². The summed E-state index contributed by atoms with van der Waals surface area (Å²) in [6, 6.07) is 6.85. The molecule has 1 saturated carbocycles. The van der Waals surface area contributed by atoms with Crippen LogP contribution in [0.2, 0.25) is 0 Å². The Morgan fingerprint density at radius 2 is 2.25 bits per heavy atom. The van der Waals surface area contributed by atoms with Crippen LogP contribution in [-0.4, -0.2) is 32.0 Å². The largest absolute Gasteiger partial charge is 0.508 e. The molecule has 6 heteroatoms. The van der Waals surface area contributed by atoms with Gasteiger partial charge in [0.1, 0.15) is 5.75 Å². The molecule has 1 fully saturated rings. The van der Waals surface area contributed by atoms with Gasteiger partial charge in [-0.1, -0.05) is 12.1 Å².